The number of nitrogens with one attached hydrogen (secondary N) is 4. The largest absolute Gasteiger partial charge is 0.453 e. The second kappa shape index (κ2) is 22.0. The first-order valence-electron chi connectivity index (χ1n) is 43.9. The predicted octanol–water partition coefficient (Wildman–Crippen LogP) is 47.3. The van der Waals surface area contributed by atoms with Crippen LogP contribution in [-0.2, 0) is 30.0 Å². The van der Waals surface area contributed by atoms with Crippen molar-refractivity contribution < 1.29 is 278 Å². The van der Waals surface area contributed by atoms with Crippen LogP contribution in [0, 0.1) is 42.9 Å². The van der Waals surface area contributed by atoms with Crippen molar-refractivity contribution in [3.05, 3.63) is 88.5 Å². The zero-order valence-electron chi connectivity index (χ0n) is 84.8. The van der Waals surface area contributed by atoms with E-state index in [1.54, 1.807) is 39.6 Å². The average molecular weight is 1300 g/mol. The molecule has 0 radical (unpaired) electrons. The van der Waals surface area contributed by atoms with Gasteiger partial charge in [0, 0.05) is 269 Å². The number of carbonyl (C=O) groups is 4. The van der Waals surface area contributed by atoms with Crippen molar-refractivity contribution in [2.75, 3.05) is 13.7 Å². The molecule has 1 aromatic heterocycles. The maximum Gasteiger partial charge on any atom is 0.408 e. The summed E-state index contributed by atoms with van der Waals surface area (Å²) in [4.78, 5) is 62.0. The molecule has 4 amide bonds. The van der Waals surface area contributed by atoms with Gasteiger partial charge in [-0.3, -0.25) is 20.0 Å². The van der Waals surface area contributed by atoms with E-state index in [-0.39, 0.29) is 218 Å². The minimum Gasteiger partial charge on any atom is -0.453 e. The topological polar surface area (TPSA) is 171 Å². The Kier molecular flexibility index (Phi) is 10.7. The zero-order chi connectivity index (χ0) is 91.5. The molecule has 0 saturated carbocycles. The first-order valence-corrected chi connectivity index (χ1v) is 24.4. The monoisotopic (exact) mass is 1300 g/mol. The highest BCUT2D eigenvalue weighted by Gasteiger charge is 2.58. The van der Waals surface area contributed by atoms with Gasteiger partial charge in [0.25, 0.3) is 5.91 Å². The number of hydrogen-bond donors (Lipinski definition) is 5. The number of rotatable bonds is 20. The molecule has 6 atom stereocenters. The summed E-state index contributed by atoms with van der Waals surface area (Å²) in [6.07, 6.45) is -1.36. The molecule has 1 heterocycles. The summed E-state index contributed by atoms with van der Waals surface area (Å²) in [5, 5.41) is 24.4. The molecule has 682 valence electrons. The van der Waals surface area contributed by atoms with Gasteiger partial charge in [0.2, 0.25) is 5.91 Å². The SMILES string of the molecule is [2H][2H].[2H][2H].[2H][2H].[2H][2H].[2H][2H].[2H][2H].[2H][2H].[2H][2H].[2H][2H].[2H][2H].[2H][2H].[2H][2H].[2H][2H].[2H][2H].[2H][2H].[2H][2H].[2H][2H].[2H][2H].[2H]c1nc(-c2ccc(C(C)(C)N(C[C@](C)(O)[C@@H](NC(=O)[C@@](C)(NC(=O)OC(C)C)C(C)(CC)C(C)(C)C)C(C)(C)c3ccccc3C)NC(=O)[C@@H](NC(=O)OC)C(C)(CC)C(C)C)c(C)c2)c(C)c([2H])c1[2H].[HH].[HH].[HH].[HH].[HH].[HH].[HH].[HH].[HH].[HH].[HH].[HH].[HH].[HH].[HH].[HH].[HH].[HH].[HH].[HH].[HH].[HH].[HH].[HH].[HH].[HH].[HH].[HH].[HH].[HH].[HH].[HH].[HH].[HH].[HH].[HH].[HH].[HH].[HH].[HH].[HH].[HH].[HH].[HH].[HH].[HH].[HH].[HH].[HH].[HH].[HH].[HH].[HH].[HH].[HH].[HH].[HH].[HH].[HH].[HH].[HH].[HH].[HH].[HH].[HH].[HH].[HH].[HH].[HH].[HH].[HH].[HH].[HH].[HH].[HH].[HH].[HH].[HH].[HH].[HH].[HH].[HH].[HH].[HH].[HH].[HH].[HH].[HH].[HH].[HH].[HH].[HH].[HH].[HH].[HH].[HH].[HH].[HH].[HH].[HH].[HH].[HH].[HH].[HH].[HH].[HH].[HH].[HH].[HH].[HH].[HH].[HH].[HH].[HH].[HH].[HH].[HH].[HH].[HH].[HH].[HH].[HH].[HH].[HH].[HH].[HH].[HH].[HH].[HH].[HH].[HH]. The van der Waals surface area contributed by atoms with E-state index in [1.807, 2.05) is 146 Å². The molecule has 0 aliphatic rings. The van der Waals surface area contributed by atoms with Crippen LogP contribution < -0.4 is 21.4 Å². The molecule has 3 aromatic rings. The second-order valence-electron chi connectivity index (χ2n) is 22.6. The zero-order valence-corrected chi connectivity index (χ0v) is 45.8. The lowest BCUT2D eigenvalue weighted by Crippen LogP contribution is -2.73. The van der Waals surface area contributed by atoms with Crippen molar-refractivity contribution in [1.29, 1.82) is 0 Å². The van der Waals surface area contributed by atoms with Gasteiger partial charge in [0.15, 0.2) is 0 Å². The van der Waals surface area contributed by atoms with Crippen LogP contribution in [0.3, 0.4) is 0 Å². The van der Waals surface area contributed by atoms with Crippen LogP contribution in [0.4, 0.5) is 9.59 Å². The van der Waals surface area contributed by atoms with E-state index in [0.717, 1.165) is 22.3 Å². The van der Waals surface area contributed by atoms with Gasteiger partial charge in [-0.2, -0.15) is 0 Å². The molecule has 0 saturated heterocycles. The Labute approximate surface area is 669 Å². The number of benzene rings is 2. The second-order valence-corrected chi connectivity index (χ2v) is 22.6. The Morgan fingerprint density at radius 2 is 1.45 bits per heavy atom. The van der Waals surface area contributed by atoms with Gasteiger partial charge in [0.05, 0.1) is 40.2 Å². The maximum absolute atomic E-state index is 15.7. The van der Waals surface area contributed by atoms with Gasteiger partial charge in [0.1, 0.15) is 11.6 Å². The van der Waals surface area contributed by atoms with Crippen molar-refractivity contribution in [1.82, 2.24) is 31.4 Å². The van der Waals surface area contributed by atoms with E-state index in [0.29, 0.717) is 29.7 Å². The highest BCUT2D eigenvalue weighted by atomic mass is 16.6. The Balaban J connectivity index is -0.00000000329. The van der Waals surface area contributed by atoms with Crippen LogP contribution in [-0.4, -0.2) is 82.1 Å². The number of ether oxygens (including phenoxy) is 2. The average Bonchev–Trinajstić information content (AvgIpc) is 0.728. The number of carbonyl (C=O) groups excluding carboxylic acids is 4. The summed E-state index contributed by atoms with van der Waals surface area (Å²) in [5.41, 5.74) is -0.0932. The van der Waals surface area contributed by atoms with E-state index in [1.165, 1.54) is 7.11 Å². The van der Waals surface area contributed by atoms with Gasteiger partial charge in [-0.15, -0.1) is 0 Å². The Morgan fingerprint density at radius 3 is 1.96 bits per heavy atom. The lowest BCUT2D eigenvalue weighted by Gasteiger charge is -2.54. The van der Waals surface area contributed by atoms with Gasteiger partial charge < -0.3 is 30.5 Å². The third-order valence-corrected chi connectivity index (χ3v) is 15.9. The molecule has 0 aliphatic carbocycles. The van der Waals surface area contributed by atoms with Crippen molar-refractivity contribution >= 4 is 24.0 Å². The van der Waals surface area contributed by atoms with Gasteiger partial charge in [-0.25, -0.2) is 14.6 Å². The number of aliphatic hydroxyl groups is 1. The minimum atomic E-state index is -1.92. The summed E-state index contributed by atoms with van der Waals surface area (Å²) in [6.45, 7) is 37.6. The van der Waals surface area contributed by atoms with Crippen molar-refractivity contribution in [3.63, 3.8) is 0 Å². The van der Waals surface area contributed by atoms with Crippen LogP contribution in [0.1, 0.15) is 403 Å². The number of pyridine rings is 1. The first kappa shape index (κ1) is 33.6. The number of hydrazine groups is 1. The van der Waals surface area contributed by atoms with Gasteiger partial charge in [-0.1, -0.05) is 119 Å². The lowest BCUT2D eigenvalue weighted by atomic mass is 9.55. The molecule has 3 rings (SSSR count). The van der Waals surface area contributed by atoms with Crippen LogP contribution in [0.2, 0.25) is 0 Å². The van der Waals surface area contributed by atoms with E-state index >= 15 is 9.59 Å². The fourth-order valence-electron chi connectivity index (χ4n) is 10.3. The summed E-state index contributed by atoms with van der Waals surface area (Å²) < 4.78 is 216. The Bertz CT molecular complexity index is 2640. The number of aryl methyl sites for hydroxylation is 2. The molecule has 13 heteroatoms. The number of nitrogens with zero attached hydrogens (tertiary/aromatic N) is 2. The number of methoxy groups -OCH3 is 1. The fraction of sp³-hybridized carbons (Fsp3) is 0.625. The van der Waals surface area contributed by atoms with E-state index in [2.05, 4.69) is 26.4 Å². The summed E-state index contributed by atoms with van der Waals surface area (Å²) in [7, 11) is 1.24. The third-order valence-electron chi connectivity index (χ3n) is 15.9. The number of aromatic nitrogens is 1. The highest BCUT2D eigenvalue weighted by Crippen LogP contribution is 2.50. The van der Waals surface area contributed by atoms with Gasteiger partial charge >= 0.3 is 12.2 Å². The summed E-state index contributed by atoms with van der Waals surface area (Å²) in [6, 6.07) is 10.7. The minimum absolute atomic E-state index is 0. The van der Waals surface area contributed by atoms with Gasteiger partial charge in [-0.05, 0) is 132 Å². The smallest absolute Gasteiger partial charge is 0.408 e. The summed E-state index contributed by atoms with van der Waals surface area (Å²) >= 11 is 0. The molecule has 0 bridgehead atoms. The van der Waals surface area contributed by atoms with Crippen molar-refractivity contribution in [2.24, 2.45) is 22.2 Å². The van der Waals surface area contributed by atoms with Crippen molar-refractivity contribution in [3.8, 4) is 11.3 Å². The molecule has 13 nitrogen and oxygen atoms in total. The highest BCUT2D eigenvalue weighted by molar-refractivity contribution is 5.91. The third kappa shape index (κ3) is 12.3. The van der Waals surface area contributed by atoms with Crippen molar-refractivity contribution in [2.45, 2.75) is 192 Å². The Hall–Kier alpha value is -5.01. The molecular formula is C56H386N6O7. The molecular weight excluding hydrogens is 869 g/mol. The van der Waals surface area contributed by atoms with E-state index in [9.17, 15) is 14.7 Å². The van der Waals surface area contributed by atoms with Crippen LogP contribution in [0.5, 0.6) is 0 Å². The normalized spacial score (nSPS) is 19.5. The fourth-order valence-corrected chi connectivity index (χ4v) is 10.3. The summed E-state index contributed by atoms with van der Waals surface area (Å²) in [5.74, 6) is -1.22. The molecule has 0 aliphatic heterocycles. The number of amides is 4. The number of alkyl carbamates (subject to hydrolysis) is 2. The molecule has 5 N–H and O–H groups in total. The predicted molar refractivity (Wildman–Crippen MR) is 592 cm³/mol. The quantitative estimate of drug-likeness (QED) is 0.0691. The van der Waals surface area contributed by atoms with Crippen LogP contribution >= 0.6 is 0 Å². The van der Waals surface area contributed by atoms with Crippen LogP contribution in [0.15, 0.2) is 60.7 Å². The molecule has 69 heavy (non-hydrogen) atoms. The van der Waals surface area contributed by atoms with Crippen LogP contribution in [0.25, 0.3) is 11.3 Å². The lowest BCUT2D eigenvalue weighted by molar-refractivity contribution is -0.146. The molecule has 2 unspecified atom stereocenters. The standard InChI is InChI=1S/C56H88N6O7.149H2/c1-22-53(17,35(3)4)44(58-48(65)68-21)45(63)61-62(52(15,16)42-31-30-40(33-39(42)9)43-38(8)28-26-32-57-43)34-54(18,67)46(51(13,14)41-29-25-24-27-37(41)7)59-47(64)56(20,60-49(66)69-36(5)6)55(19,23-2)50(10,11)12;;;;;;;;;;;;;;;;;;;;;;;;;;;;;;;;;;;;;;;;;;;;;;;;;;;;;;;;;;;;;;;;;;;;;;;;;;;;;;;;;;;;;;;;;;;;;;;;;;;;;;;;;;;;;;;;;;;;;;;;;;;;;;;;;;;;;;;;;;;;;;;;;;;;;/h24-33,35-36,44,46,67H,22-23,34H2,1-21H3,(H,58,65)(H,59,64)(H,60,66)(H,61,63);149*1H/t44-,46+,53?,54+,55?,56-;;;;;;;;;;;;;;;;;;;;;;;;;;;;;;;;;;;;;;;;;;;;;;;;;;;;;;;;;;;;;;;;;;;;;;;;;;;;;;;;;;;;;;;;;;;;;;;;;;;;;;;;;;;;;;;;;;;;;;;;;;;;;;;;;;;;;;;;;;;;;;;;;;;;;/m1...................................................................................................................................................../s1/i26D,28D,32D;18*1+1D;;;;;;;;;;;;;;;;;;;;;;;;;;;;;;;;;;;;;;;;;;;;;;;;;;;;;;;;;;;;;;;;;;;;;;;;;;;;;;;;;;;;;;;;;;;;;;;;;;;;;;;;;;;;;;;;;;;;;;;;;;;;;;;;;;;. The first-order chi connectivity index (χ1) is 50.9. The molecule has 0 fully saturated rings. The number of hydrogen-bond acceptors (Lipinski definition) is 9. The van der Waals surface area contributed by atoms with E-state index < -0.39 is 80.5 Å². The Morgan fingerprint density at radius 1 is 0.841 bits per heavy atom. The molecule has 0 spiro atoms. The maximum atomic E-state index is 15.7. The molecule has 2 aromatic carbocycles. The van der Waals surface area contributed by atoms with E-state index in [4.69, 9.17) is 67.0 Å².